The summed E-state index contributed by atoms with van der Waals surface area (Å²) in [5.41, 5.74) is 7.63. The van der Waals surface area contributed by atoms with Gasteiger partial charge in [-0.05, 0) is 29.2 Å². The fourth-order valence-electron chi connectivity index (χ4n) is 2.09. The van der Waals surface area contributed by atoms with Crippen molar-refractivity contribution in [1.82, 2.24) is 0 Å². The summed E-state index contributed by atoms with van der Waals surface area (Å²) >= 11 is 0. The van der Waals surface area contributed by atoms with Crippen molar-refractivity contribution in [2.75, 3.05) is 0 Å². The zero-order valence-corrected chi connectivity index (χ0v) is 11.2. The maximum Gasteiger partial charge on any atom is 0.335 e. The van der Waals surface area contributed by atoms with Crippen LogP contribution in [0.3, 0.4) is 0 Å². The van der Waals surface area contributed by atoms with Crippen LogP contribution in [0.5, 0.6) is 0 Å². The second-order valence-corrected chi connectivity index (χ2v) is 4.69. The van der Waals surface area contributed by atoms with Gasteiger partial charge in [0.25, 0.3) is 0 Å². The van der Waals surface area contributed by atoms with E-state index in [1.807, 2.05) is 30.3 Å². The molecule has 0 saturated heterocycles. The third kappa shape index (κ3) is 3.46. The Kier molecular flexibility index (Phi) is 4.35. The number of carbonyl (C=O) groups is 2. The number of rotatable bonds is 5. The van der Waals surface area contributed by atoms with Crippen molar-refractivity contribution in [2.45, 2.75) is 12.5 Å². The fourth-order valence-corrected chi connectivity index (χ4v) is 2.09. The van der Waals surface area contributed by atoms with Crippen molar-refractivity contribution >= 4 is 11.9 Å². The van der Waals surface area contributed by atoms with E-state index in [1.165, 1.54) is 0 Å². The average Bonchev–Trinajstić information content (AvgIpc) is 2.48. The van der Waals surface area contributed by atoms with E-state index < -0.39 is 18.0 Å². The maximum atomic E-state index is 11.4. The summed E-state index contributed by atoms with van der Waals surface area (Å²) in [5.74, 6) is -2.25. The highest BCUT2D eigenvalue weighted by molar-refractivity contribution is 5.91. The lowest BCUT2D eigenvalue weighted by Gasteiger charge is -2.11. The molecule has 2 aromatic rings. The molecule has 0 aromatic heterocycles. The highest BCUT2D eigenvalue weighted by Crippen LogP contribution is 2.23. The predicted molar refractivity (Wildman–Crippen MR) is 78.2 cm³/mol. The Morgan fingerprint density at radius 1 is 1.00 bits per heavy atom. The Morgan fingerprint density at radius 2 is 1.67 bits per heavy atom. The second kappa shape index (κ2) is 6.19. The Bertz CT molecular complexity index is 667. The Morgan fingerprint density at radius 3 is 2.24 bits per heavy atom. The van der Waals surface area contributed by atoms with Gasteiger partial charge >= 0.3 is 11.9 Å². The van der Waals surface area contributed by atoms with Crippen molar-refractivity contribution in [3.63, 3.8) is 0 Å². The zero-order valence-electron chi connectivity index (χ0n) is 11.2. The van der Waals surface area contributed by atoms with Crippen LogP contribution >= 0.6 is 0 Å². The number of aliphatic carboxylic acids is 1. The summed E-state index contributed by atoms with van der Waals surface area (Å²) in [4.78, 5) is 22.2. The molecule has 21 heavy (non-hydrogen) atoms. The smallest absolute Gasteiger partial charge is 0.335 e. The first-order valence-corrected chi connectivity index (χ1v) is 6.39. The van der Waals surface area contributed by atoms with Gasteiger partial charge < -0.3 is 15.9 Å². The largest absolute Gasteiger partial charge is 0.480 e. The van der Waals surface area contributed by atoms with Crippen molar-refractivity contribution in [2.24, 2.45) is 5.73 Å². The lowest BCUT2D eigenvalue weighted by atomic mass is 9.95. The Balaban J connectivity index is 2.40. The van der Waals surface area contributed by atoms with Gasteiger partial charge in [0, 0.05) is 0 Å². The van der Waals surface area contributed by atoms with Crippen LogP contribution in [-0.2, 0) is 11.2 Å². The van der Waals surface area contributed by atoms with Crippen molar-refractivity contribution in [3.05, 3.63) is 59.7 Å². The number of carboxylic acids is 2. The third-order valence-electron chi connectivity index (χ3n) is 3.20. The molecule has 0 spiro atoms. The van der Waals surface area contributed by atoms with Crippen molar-refractivity contribution in [3.8, 4) is 11.1 Å². The van der Waals surface area contributed by atoms with Crippen LogP contribution in [0.1, 0.15) is 15.9 Å². The van der Waals surface area contributed by atoms with E-state index >= 15 is 0 Å². The number of nitrogens with two attached hydrogens (primary N) is 1. The standard InChI is InChI=1S/C16H15NO4/c17-14(16(20)21)9-12-7-6-11(8-13(12)15(18)19)10-4-2-1-3-5-10/h1-8,14H,9,17H2,(H,18,19)(H,20,21). The highest BCUT2D eigenvalue weighted by Gasteiger charge is 2.18. The molecule has 0 fully saturated rings. The molecule has 4 N–H and O–H groups in total. The van der Waals surface area contributed by atoms with E-state index in [0.717, 1.165) is 11.1 Å². The van der Waals surface area contributed by atoms with Gasteiger partial charge in [0.2, 0.25) is 0 Å². The molecule has 1 atom stereocenters. The van der Waals surface area contributed by atoms with Gasteiger partial charge in [0.05, 0.1) is 5.56 Å². The van der Waals surface area contributed by atoms with Gasteiger partial charge in [-0.1, -0.05) is 42.5 Å². The minimum atomic E-state index is -1.15. The normalized spacial score (nSPS) is 11.9. The molecule has 0 heterocycles. The third-order valence-corrected chi connectivity index (χ3v) is 3.20. The van der Waals surface area contributed by atoms with Gasteiger partial charge in [-0.15, -0.1) is 0 Å². The predicted octanol–water partition coefficient (Wildman–Crippen LogP) is 2.01. The lowest BCUT2D eigenvalue weighted by Crippen LogP contribution is -2.32. The highest BCUT2D eigenvalue weighted by atomic mass is 16.4. The van der Waals surface area contributed by atoms with E-state index in [0.29, 0.717) is 5.56 Å². The number of benzene rings is 2. The molecule has 5 heteroatoms. The van der Waals surface area contributed by atoms with Crippen LogP contribution in [0.25, 0.3) is 11.1 Å². The van der Waals surface area contributed by atoms with E-state index in [4.69, 9.17) is 10.8 Å². The van der Waals surface area contributed by atoms with Crippen LogP contribution in [0.15, 0.2) is 48.5 Å². The van der Waals surface area contributed by atoms with Crippen LogP contribution in [-0.4, -0.2) is 28.2 Å². The summed E-state index contributed by atoms with van der Waals surface area (Å²) in [6, 6.07) is 13.2. The van der Waals surface area contributed by atoms with Gasteiger partial charge in [-0.3, -0.25) is 4.79 Å². The molecule has 2 aromatic carbocycles. The van der Waals surface area contributed by atoms with E-state index in [-0.39, 0.29) is 12.0 Å². The van der Waals surface area contributed by atoms with Gasteiger partial charge in [0.1, 0.15) is 6.04 Å². The molecule has 1 unspecified atom stereocenters. The van der Waals surface area contributed by atoms with E-state index in [9.17, 15) is 14.7 Å². The number of carboxylic acid groups (broad SMARTS) is 2. The maximum absolute atomic E-state index is 11.4. The SMILES string of the molecule is NC(Cc1ccc(-c2ccccc2)cc1C(=O)O)C(=O)O. The van der Waals surface area contributed by atoms with Gasteiger partial charge in [-0.25, -0.2) is 4.79 Å². The van der Waals surface area contributed by atoms with Crippen molar-refractivity contribution < 1.29 is 19.8 Å². The summed E-state index contributed by atoms with van der Waals surface area (Å²) in [6.07, 6.45) is -0.0218. The first-order chi connectivity index (χ1) is 9.99. The van der Waals surface area contributed by atoms with E-state index in [1.54, 1.807) is 18.2 Å². The lowest BCUT2D eigenvalue weighted by molar-refractivity contribution is -0.138. The van der Waals surface area contributed by atoms with Crippen molar-refractivity contribution in [1.29, 1.82) is 0 Å². The summed E-state index contributed by atoms with van der Waals surface area (Å²) in [7, 11) is 0. The fraction of sp³-hybridized carbons (Fsp3) is 0.125. The quantitative estimate of drug-likeness (QED) is 0.780. The summed E-state index contributed by atoms with van der Waals surface area (Å²) in [5, 5.41) is 18.1. The average molecular weight is 285 g/mol. The molecule has 0 aliphatic heterocycles. The molecular weight excluding hydrogens is 270 g/mol. The summed E-state index contributed by atoms with van der Waals surface area (Å²) in [6.45, 7) is 0. The van der Waals surface area contributed by atoms with Crippen LogP contribution in [0.4, 0.5) is 0 Å². The molecule has 108 valence electrons. The second-order valence-electron chi connectivity index (χ2n) is 4.69. The number of hydrogen-bond donors (Lipinski definition) is 3. The molecular formula is C16H15NO4. The molecule has 0 aliphatic rings. The minimum Gasteiger partial charge on any atom is -0.480 e. The molecule has 0 radical (unpaired) electrons. The molecule has 0 saturated carbocycles. The Hall–Kier alpha value is -2.66. The first kappa shape index (κ1) is 14.7. The van der Waals surface area contributed by atoms with E-state index in [2.05, 4.69) is 0 Å². The summed E-state index contributed by atoms with van der Waals surface area (Å²) < 4.78 is 0. The molecule has 0 aliphatic carbocycles. The van der Waals surface area contributed by atoms with Crippen LogP contribution in [0, 0.1) is 0 Å². The first-order valence-electron chi connectivity index (χ1n) is 6.39. The number of aromatic carboxylic acids is 1. The molecule has 0 bridgehead atoms. The Labute approximate surface area is 121 Å². The topological polar surface area (TPSA) is 101 Å². The molecule has 2 rings (SSSR count). The molecule has 0 amide bonds. The van der Waals surface area contributed by atoms with Crippen LogP contribution in [0.2, 0.25) is 0 Å². The number of hydrogen-bond acceptors (Lipinski definition) is 3. The minimum absolute atomic E-state index is 0.0218. The van der Waals surface area contributed by atoms with Crippen LogP contribution < -0.4 is 5.73 Å². The monoisotopic (exact) mass is 285 g/mol. The van der Waals surface area contributed by atoms with Gasteiger partial charge in [0.15, 0.2) is 0 Å². The molecule has 5 nitrogen and oxygen atoms in total. The zero-order chi connectivity index (χ0) is 15.4. The van der Waals surface area contributed by atoms with Gasteiger partial charge in [-0.2, -0.15) is 0 Å².